The summed E-state index contributed by atoms with van der Waals surface area (Å²) in [7, 11) is -3.52. The Hall–Kier alpha value is -1.91. The molecule has 1 aliphatic rings. The van der Waals surface area contributed by atoms with E-state index in [1.165, 1.54) is 11.8 Å². The predicted octanol–water partition coefficient (Wildman–Crippen LogP) is 2.92. The summed E-state index contributed by atoms with van der Waals surface area (Å²) in [5.74, 6) is 2.28. The van der Waals surface area contributed by atoms with Gasteiger partial charge < -0.3 is 9.84 Å². The highest BCUT2D eigenvalue weighted by Gasteiger charge is 2.31. The van der Waals surface area contributed by atoms with Crippen LogP contribution >= 0.6 is 11.8 Å². The second kappa shape index (κ2) is 9.27. The van der Waals surface area contributed by atoms with Crippen molar-refractivity contribution in [3.8, 4) is 0 Å². The van der Waals surface area contributed by atoms with Gasteiger partial charge in [-0.3, -0.25) is 4.79 Å². The molecule has 1 aromatic heterocycles. The van der Waals surface area contributed by atoms with Gasteiger partial charge in [-0.25, -0.2) is 8.42 Å². The van der Waals surface area contributed by atoms with E-state index >= 15 is 0 Å². The van der Waals surface area contributed by atoms with E-state index in [9.17, 15) is 13.2 Å². The molecule has 2 atom stereocenters. The smallest absolute Gasteiger partial charge is 0.243 e. The zero-order valence-electron chi connectivity index (χ0n) is 16.8. The topological polar surface area (TPSA) is 105 Å². The first kappa shape index (κ1) is 21.8. The zero-order valence-corrected chi connectivity index (χ0v) is 18.4. The molecule has 0 saturated carbocycles. The molecule has 3 rings (SSSR count). The zero-order chi connectivity index (χ0) is 21.0. The number of sulfonamides is 1. The third kappa shape index (κ3) is 5.80. The van der Waals surface area contributed by atoms with Crippen molar-refractivity contribution in [2.24, 2.45) is 11.8 Å². The van der Waals surface area contributed by atoms with Gasteiger partial charge >= 0.3 is 0 Å². The molecule has 1 amide bonds. The lowest BCUT2D eigenvalue weighted by atomic mass is 9.94. The van der Waals surface area contributed by atoms with Crippen molar-refractivity contribution in [3.05, 3.63) is 36.0 Å². The first-order valence-corrected chi connectivity index (χ1v) is 12.1. The SMILES string of the molecule is Cc1nc(CSCC(=O)Nc2ccc(S(=O)(=O)N3CC(C)CC(C)C3)cc2)no1. The number of hydrogen-bond acceptors (Lipinski definition) is 7. The Morgan fingerprint density at radius 2 is 1.90 bits per heavy atom. The Kier molecular flexibility index (Phi) is 6.97. The lowest BCUT2D eigenvalue weighted by Gasteiger charge is -2.34. The Bertz CT molecular complexity index is 933. The molecule has 1 N–H and O–H groups in total. The van der Waals surface area contributed by atoms with Gasteiger partial charge in [0.1, 0.15) is 0 Å². The van der Waals surface area contributed by atoms with Gasteiger partial charge in [0.2, 0.25) is 21.8 Å². The van der Waals surface area contributed by atoms with Crippen LogP contribution in [0.5, 0.6) is 0 Å². The van der Waals surface area contributed by atoms with Gasteiger partial charge in [0.15, 0.2) is 5.82 Å². The number of hydrogen-bond donors (Lipinski definition) is 1. The lowest BCUT2D eigenvalue weighted by molar-refractivity contribution is -0.113. The predicted molar refractivity (Wildman–Crippen MR) is 112 cm³/mol. The molecule has 1 fully saturated rings. The molecule has 2 aromatic rings. The van der Waals surface area contributed by atoms with E-state index in [0.717, 1.165) is 6.42 Å². The first-order valence-electron chi connectivity index (χ1n) is 9.51. The number of rotatable bonds is 7. The number of nitrogens with zero attached hydrogens (tertiary/aromatic N) is 3. The van der Waals surface area contributed by atoms with Gasteiger partial charge in [0.25, 0.3) is 0 Å². The van der Waals surface area contributed by atoms with Crippen molar-refractivity contribution in [2.45, 2.75) is 37.8 Å². The van der Waals surface area contributed by atoms with Crippen LogP contribution in [-0.4, -0.2) is 47.6 Å². The molecule has 0 bridgehead atoms. The Morgan fingerprint density at radius 3 is 2.48 bits per heavy atom. The molecule has 10 heteroatoms. The van der Waals surface area contributed by atoms with Crippen LogP contribution in [0, 0.1) is 18.8 Å². The van der Waals surface area contributed by atoms with Gasteiger partial charge in [-0.05, 0) is 42.5 Å². The standard InChI is InChI=1S/C19H26N4O4S2/c1-13-8-14(2)10-23(9-13)29(25,26)17-6-4-16(5-7-17)21-19(24)12-28-11-18-20-15(3)27-22-18/h4-7,13-14H,8-12H2,1-3H3,(H,21,24). The molecular formula is C19H26N4O4S2. The fourth-order valence-electron chi connectivity index (χ4n) is 3.49. The van der Waals surface area contributed by atoms with Gasteiger partial charge in [-0.15, -0.1) is 11.8 Å². The Morgan fingerprint density at radius 1 is 1.24 bits per heavy atom. The van der Waals surface area contributed by atoms with Crippen LogP contribution in [0.25, 0.3) is 0 Å². The molecule has 0 aliphatic carbocycles. The summed E-state index contributed by atoms with van der Waals surface area (Å²) < 4.78 is 32.3. The molecular weight excluding hydrogens is 412 g/mol. The second-order valence-electron chi connectivity index (χ2n) is 7.56. The molecule has 0 radical (unpaired) electrons. The van der Waals surface area contributed by atoms with Crippen molar-refractivity contribution in [2.75, 3.05) is 24.2 Å². The van der Waals surface area contributed by atoms with E-state index in [2.05, 4.69) is 29.3 Å². The number of piperidine rings is 1. The molecule has 158 valence electrons. The number of benzene rings is 1. The largest absolute Gasteiger partial charge is 0.340 e. The van der Waals surface area contributed by atoms with Gasteiger partial charge in [0.05, 0.1) is 16.4 Å². The first-order chi connectivity index (χ1) is 13.7. The third-order valence-corrected chi connectivity index (χ3v) is 7.42. The monoisotopic (exact) mass is 438 g/mol. The number of thioether (sulfide) groups is 1. The lowest BCUT2D eigenvalue weighted by Crippen LogP contribution is -2.42. The minimum absolute atomic E-state index is 0.176. The normalized spacial score (nSPS) is 20.5. The van der Waals surface area contributed by atoms with Crippen molar-refractivity contribution in [3.63, 3.8) is 0 Å². The summed E-state index contributed by atoms with van der Waals surface area (Å²) in [6.07, 6.45) is 1.04. The van der Waals surface area contributed by atoms with Crippen LogP contribution in [-0.2, 0) is 20.6 Å². The minimum atomic E-state index is -3.52. The van der Waals surface area contributed by atoms with E-state index in [4.69, 9.17) is 4.52 Å². The quantitative estimate of drug-likeness (QED) is 0.708. The van der Waals surface area contributed by atoms with Crippen molar-refractivity contribution in [1.82, 2.24) is 14.4 Å². The van der Waals surface area contributed by atoms with Crippen LogP contribution in [0.1, 0.15) is 32.0 Å². The molecule has 1 saturated heterocycles. The molecule has 2 heterocycles. The summed E-state index contributed by atoms with van der Waals surface area (Å²) in [6, 6.07) is 6.33. The van der Waals surface area contributed by atoms with Gasteiger partial charge in [-0.2, -0.15) is 9.29 Å². The second-order valence-corrected chi connectivity index (χ2v) is 10.5. The minimum Gasteiger partial charge on any atom is -0.340 e. The molecule has 1 aromatic carbocycles. The number of anilines is 1. The third-order valence-electron chi connectivity index (χ3n) is 4.65. The highest BCUT2D eigenvalue weighted by Crippen LogP contribution is 2.27. The fourth-order valence-corrected chi connectivity index (χ4v) is 5.83. The molecule has 29 heavy (non-hydrogen) atoms. The van der Waals surface area contributed by atoms with Crippen LogP contribution in [0.4, 0.5) is 5.69 Å². The van der Waals surface area contributed by atoms with Crippen LogP contribution in [0.2, 0.25) is 0 Å². The number of aryl methyl sites for hydroxylation is 1. The van der Waals surface area contributed by atoms with Crippen LogP contribution < -0.4 is 5.32 Å². The fraction of sp³-hybridized carbons (Fsp3) is 0.526. The average molecular weight is 439 g/mol. The van der Waals surface area contributed by atoms with E-state index in [0.29, 0.717) is 48.1 Å². The Balaban J connectivity index is 1.54. The highest BCUT2D eigenvalue weighted by molar-refractivity contribution is 7.99. The number of aromatic nitrogens is 2. The molecule has 2 unspecified atom stereocenters. The van der Waals surface area contributed by atoms with Crippen molar-refractivity contribution in [1.29, 1.82) is 0 Å². The van der Waals surface area contributed by atoms with E-state index < -0.39 is 10.0 Å². The summed E-state index contributed by atoms with van der Waals surface area (Å²) in [5, 5.41) is 6.55. The van der Waals surface area contributed by atoms with Crippen LogP contribution in [0.3, 0.4) is 0 Å². The maximum atomic E-state index is 12.9. The summed E-state index contributed by atoms with van der Waals surface area (Å²) in [5.41, 5.74) is 0.560. The Labute approximate surface area is 175 Å². The van der Waals surface area contributed by atoms with E-state index in [1.54, 1.807) is 35.5 Å². The number of amides is 1. The van der Waals surface area contributed by atoms with Crippen molar-refractivity contribution >= 4 is 33.4 Å². The van der Waals surface area contributed by atoms with Crippen molar-refractivity contribution < 1.29 is 17.7 Å². The van der Waals surface area contributed by atoms with Gasteiger partial charge in [0, 0.05) is 25.7 Å². The van der Waals surface area contributed by atoms with Crippen LogP contribution in [0.15, 0.2) is 33.7 Å². The van der Waals surface area contributed by atoms with Gasteiger partial charge in [-0.1, -0.05) is 19.0 Å². The van der Waals surface area contributed by atoms with E-state index in [1.807, 2.05) is 0 Å². The van der Waals surface area contributed by atoms with E-state index in [-0.39, 0.29) is 16.6 Å². The number of carbonyl (C=O) groups is 1. The molecule has 8 nitrogen and oxygen atoms in total. The maximum Gasteiger partial charge on any atom is 0.243 e. The summed E-state index contributed by atoms with van der Waals surface area (Å²) >= 11 is 1.37. The number of carbonyl (C=O) groups excluding carboxylic acids is 1. The maximum absolute atomic E-state index is 12.9. The number of nitrogens with one attached hydrogen (secondary N) is 1. The summed E-state index contributed by atoms with van der Waals surface area (Å²) in [4.78, 5) is 16.4. The molecule has 0 spiro atoms. The highest BCUT2D eigenvalue weighted by atomic mass is 32.2. The summed E-state index contributed by atoms with van der Waals surface area (Å²) in [6.45, 7) is 6.96. The molecule has 1 aliphatic heterocycles. The average Bonchev–Trinajstić information content (AvgIpc) is 3.06.